The molecule has 1 aromatic heterocycles. The van der Waals surface area contributed by atoms with Crippen molar-refractivity contribution in [2.75, 3.05) is 5.32 Å². The van der Waals surface area contributed by atoms with E-state index in [1.165, 1.54) is 35.2 Å². The number of carbonyl (C=O) groups is 1. The fourth-order valence-corrected chi connectivity index (χ4v) is 2.63. The van der Waals surface area contributed by atoms with Gasteiger partial charge in [-0.2, -0.15) is 0 Å². The van der Waals surface area contributed by atoms with Gasteiger partial charge in [0.2, 0.25) is 5.91 Å². The Kier molecular flexibility index (Phi) is 4.57. The molecule has 0 unspecified atom stereocenters. The Morgan fingerprint density at radius 2 is 1.96 bits per heavy atom. The van der Waals surface area contributed by atoms with E-state index in [4.69, 9.17) is 0 Å². The minimum atomic E-state index is -0.524. The van der Waals surface area contributed by atoms with Crippen LogP contribution in [-0.4, -0.2) is 20.4 Å². The molecule has 0 aliphatic heterocycles. The van der Waals surface area contributed by atoms with Gasteiger partial charge in [0, 0.05) is 22.3 Å². The Balaban J connectivity index is 1.79. The quantitative estimate of drug-likeness (QED) is 0.533. The number of fused-ring (bicyclic) bond motifs is 1. The number of rotatable bonds is 4. The summed E-state index contributed by atoms with van der Waals surface area (Å²) in [5.74, 6) is -0.438. The van der Waals surface area contributed by atoms with Crippen molar-refractivity contribution in [3.63, 3.8) is 0 Å². The molecule has 0 fully saturated rings. The van der Waals surface area contributed by atoms with E-state index >= 15 is 0 Å². The van der Waals surface area contributed by atoms with Gasteiger partial charge in [0.05, 0.1) is 22.2 Å². The number of hydrogen-bond donors (Lipinski definition) is 1. The first-order valence-electron chi connectivity index (χ1n) is 7.13. The average Bonchev–Trinajstić information content (AvgIpc) is 2.58. The van der Waals surface area contributed by atoms with Crippen molar-refractivity contribution in [2.24, 2.45) is 0 Å². The largest absolute Gasteiger partial charge is 0.325 e. The van der Waals surface area contributed by atoms with Crippen LogP contribution in [0.15, 0.2) is 58.1 Å². The lowest BCUT2D eigenvalue weighted by molar-refractivity contribution is -0.384. The molecular formula is C16H11BrN4O4. The molecule has 0 spiro atoms. The van der Waals surface area contributed by atoms with Gasteiger partial charge < -0.3 is 5.32 Å². The topological polar surface area (TPSA) is 107 Å². The Morgan fingerprint density at radius 1 is 1.24 bits per heavy atom. The molecule has 25 heavy (non-hydrogen) atoms. The SMILES string of the molecule is O=C(Cn1cnc2ccc(Br)cc2c1=O)Nc1ccc([N+](=O)[O-])cc1. The number of anilines is 1. The zero-order valence-corrected chi connectivity index (χ0v) is 14.3. The second kappa shape index (κ2) is 6.81. The molecule has 0 aliphatic rings. The number of non-ortho nitro benzene ring substituents is 1. The van der Waals surface area contributed by atoms with Gasteiger partial charge in [-0.25, -0.2) is 4.98 Å². The highest BCUT2D eigenvalue weighted by Gasteiger charge is 2.10. The third kappa shape index (κ3) is 3.72. The maximum Gasteiger partial charge on any atom is 0.269 e. The summed E-state index contributed by atoms with van der Waals surface area (Å²) in [4.78, 5) is 38.8. The van der Waals surface area contributed by atoms with Gasteiger partial charge in [0.15, 0.2) is 0 Å². The van der Waals surface area contributed by atoms with Gasteiger partial charge in [-0.1, -0.05) is 15.9 Å². The Bertz CT molecular complexity index is 1030. The first-order chi connectivity index (χ1) is 11.9. The standard InChI is InChI=1S/C16H11BrN4O4/c17-10-1-6-14-13(7-10)16(23)20(9-18-14)8-15(22)19-11-2-4-12(5-3-11)21(24)25/h1-7,9H,8H2,(H,19,22). The minimum absolute atomic E-state index is 0.0708. The summed E-state index contributed by atoms with van der Waals surface area (Å²) in [7, 11) is 0. The van der Waals surface area contributed by atoms with Crippen LogP contribution in [-0.2, 0) is 11.3 Å². The predicted octanol–water partition coefficient (Wildman–Crippen LogP) is 2.71. The van der Waals surface area contributed by atoms with E-state index in [9.17, 15) is 19.7 Å². The van der Waals surface area contributed by atoms with Gasteiger partial charge in [-0.3, -0.25) is 24.3 Å². The third-order valence-corrected chi connectivity index (χ3v) is 3.96. The number of nitro benzene ring substituents is 1. The Morgan fingerprint density at radius 3 is 2.64 bits per heavy atom. The zero-order chi connectivity index (χ0) is 18.0. The number of benzene rings is 2. The molecular weight excluding hydrogens is 392 g/mol. The van der Waals surface area contributed by atoms with E-state index in [2.05, 4.69) is 26.2 Å². The number of amides is 1. The van der Waals surface area contributed by atoms with Crippen LogP contribution in [0.25, 0.3) is 10.9 Å². The van der Waals surface area contributed by atoms with E-state index in [1.54, 1.807) is 18.2 Å². The van der Waals surface area contributed by atoms with Crippen LogP contribution >= 0.6 is 15.9 Å². The number of carbonyl (C=O) groups excluding carboxylic acids is 1. The molecule has 0 aliphatic carbocycles. The monoisotopic (exact) mass is 402 g/mol. The van der Waals surface area contributed by atoms with Crippen LogP contribution in [0.1, 0.15) is 0 Å². The smallest absolute Gasteiger partial charge is 0.269 e. The maximum atomic E-state index is 12.4. The second-order valence-electron chi connectivity index (χ2n) is 5.19. The molecule has 1 amide bonds. The van der Waals surface area contributed by atoms with Crippen molar-refractivity contribution in [1.82, 2.24) is 9.55 Å². The number of nitrogens with zero attached hydrogens (tertiary/aromatic N) is 3. The number of hydrogen-bond acceptors (Lipinski definition) is 5. The summed E-state index contributed by atoms with van der Waals surface area (Å²) >= 11 is 3.30. The summed E-state index contributed by atoms with van der Waals surface area (Å²) in [6.07, 6.45) is 1.31. The first kappa shape index (κ1) is 16.8. The molecule has 0 atom stereocenters. The van der Waals surface area contributed by atoms with Gasteiger partial charge in [-0.15, -0.1) is 0 Å². The molecule has 0 bridgehead atoms. The summed E-state index contributed by atoms with van der Waals surface area (Å²) in [5, 5.41) is 13.6. The minimum Gasteiger partial charge on any atom is -0.325 e. The molecule has 3 aromatic rings. The number of nitro groups is 1. The molecule has 1 N–H and O–H groups in total. The average molecular weight is 403 g/mol. The molecule has 126 valence electrons. The van der Waals surface area contributed by atoms with Gasteiger partial charge in [-0.05, 0) is 30.3 Å². The normalized spacial score (nSPS) is 10.6. The molecule has 0 saturated heterocycles. The van der Waals surface area contributed by atoms with E-state index in [-0.39, 0.29) is 17.8 Å². The van der Waals surface area contributed by atoms with Crippen LogP contribution in [0.5, 0.6) is 0 Å². The molecule has 8 nitrogen and oxygen atoms in total. The Labute approximate surface area is 149 Å². The summed E-state index contributed by atoms with van der Waals surface area (Å²) < 4.78 is 1.95. The first-order valence-corrected chi connectivity index (χ1v) is 7.92. The van der Waals surface area contributed by atoms with Crippen molar-refractivity contribution in [2.45, 2.75) is 6.54 Å². The van der Waals surface area contributed by atoms with Crippen LogP contribution in [0.2, 0.25) is 0 Å². The van der Waals surface area contributed by atoms with Crippen LogP contribution in [0.4, 0.5) is 11.4 Å². The van der Waals surface area contributed by atoms with Crippen LogP contribution < -0.4 is 10.9 Å². The third-order valence-electron chi connectivity index (χ3n) is 3.46. The zero-order valence-electron chi connectivity index (χ0n) is 12.7. The number of nitrogens with one attached hydrogen (secondary N) is 1. The molecule has 2 aromatic carbocycles. The molecule has 9 heteroatoms. The van der Waals surface area contributed by atoms with E-state index in [1.807, 2.05) is 0 Å². The summed E-state index contributed by atoms with van der Waals surface area (Å²) in [6.45, 7) is -0.217. The number of aromatic nitrogens is 2. The van der Waals surface area contributed by atoms with Crippen LogP contribution in [0.3, 0.4) is 0 Å². The number of halogens is 1. The van der Waals surface area contributed by atoms with Crippen molar-refractivity contribution >= 4 is 44.1 Å². The van der Waals surface area contributed by atoms with Crippen LogP contribution in [0, 0.1) is 10.1 Å². The fourth-order valence-electron chi connectivity index (χ4n) is 2.27. The second-order valence-corrected chi connectivity index (χ2v) is 6.11. The van der Waals surface area contributed by atoms with E-state index < -0.39 is 10.8 Å². The lowest BCUT2D eigenvalue weighted by Gasteiger charge is -2.08. The molecule has 0 saturated carbocycles. The maximum absolute atomic E-state index is 12.4. The molecule has 1 heterocycles. The summed E-state index contributed by atoms with van der Waals surface area (Å²) in [6, 6.07) is 10.6. The van der Waals surface area contributed by atoms with Crippen molar-refractivity contribution < 1.29 is 9.72 Å². The van der Waals surface area contributed by atoms with Gasteiger partial charge in [0.25, 0.3) is 11.2 Å². The predicted molar refractivity (Wildman–Crippen MR) is 95.4 cm³/mol. The summed E-state index contributed by atoms with van der Waals surface area (Å²) in [5.41, 5.74) is 0.545. The van der Waals surface area contributed by atoms with E-state index in [0.717, 1.165) is 4.47 Å². The lowest BCUT2D eigenvalue weighted by Crippen LogP contribution is -2.27. The molecule has 0 radical (unpaired) electrons. The highest BCUT2D eigenvalue weighted by atomic mass is 79.9. The van der Waals surface area contributed by atoms with Gasteiger partial charge >= 0.3 is 0 Å². The van der Waals surface area contributed by atoms with Crippen molar-refractivity contribution in [1.29, 1.82) is 0 Å². The molecule has 3 rings (SSSR count). The van der Waals surface area contributed by atoms with Crippen molar-refractivity contribution in [3.05, 3.63) is 73.7 Å². The fraction of sp³-hybridized carbons (Fsp3) is 0.0625. The highest BCUT2D eigenvalue weighted by molar-refractivity contribution is 9.10. The Hall–Kier alpha value is -3.07. The highest BCUT2D eigenvalue weighted by Crippen LogP contribution is 2.16. The lowest BCUT2D eigenvalue weighted by atomic mass is 10.2. The van der Waals surface area contributed by atoms with Gasteiger partial charge in [0.1, 0.15) is 6.54 Å². The van der Waals surface area contributed by atoms with E-state index in [0.29, 0.717) is 16.6 Å². The van der Waals surface area contributed by atoms with Crippen molar-refractivity contribution in [3.8, 4) is 0 Å².